The minimum atomic E-state index is 0.0754. The number of carbonyl (C=O) groups excluding carboxylic acids is 1. The molecule has 0 aromatic rings. The maximum Gasteiger partial charge on any atom is 0.235 e. The molecule has 0 bridgehead atoms. The van der Waals surface area contributed by atoms with Crippen LogP contribution in [0.3, 0.4) is 0 Å². The molecule has 0 aliphatic rings. The first-order chi connectivity index (χ1) is 4.35. The van der Waals surface area contributed by atoms with Crippen LogP contribution in [0, 0.1) is 0 Å². The van der Waals surface area contributed by atoms with Crippen molar-refractivity contribution in [2.45, 2.75) is 19.4 Å². The SMILES string of the molecule is CCC(CN=C=O)OC. The molecular formula is C6H11NO2. The largest absolute Gasteiger partial charge is 0.380 e. The lowest BCUT2D eigenvalue weighted by Crippen LogP contribution is -2.12. The maximum atomic E-state index is 9.59. The Balaban J connectivity index is 3.42. The number of ether oxygens (including phenoxy) is 1. The van der Waals surface area contributed by atoms with Crippen molar-refractivity contribution in [2.24, 2.45) is 4.99 Å². The molecule has 0 rings (SSSR count). The molecule has 0 aliphatic heterocycles. The Kier molecular flexibility index (Phi) is 5.07. The molecule has 0 fully saturated rings. The van der Waals surface area contributed by atoms with Gasteiger partial charge < -0.3 is 4.74 Å². The van der Waals surface area contributed by atoms with E-state index in [1.165, 1.54) is 6.08 Å². The molecule has 0 saturated heterocycles. The molecule has 0 heterocycles. The highest BCUT2D eigenvalue weighted by molar-refractivity contribution is 5.32. The van der Waals surface area contributed by atoms with Crippen molar-refractivity contribution in [2.75, 3.05) is 13.7 Å². The highest BCUT2D eigenvalue weighted by atomic mass is 16.5. The average Bonchev–Trinajstić information content (AvgIpc) is 1.91. The summed E-state index contributed by atoms with van der Waals surface area (Å²) < 4.78 is 4.93. The van der Waals surface area contributed by atoms with Crippen molar-refractivity contribution in [1.29, 1.82) is 0 Å². The third-order valence-electron chi connectivity index (χ3n) is 1.15. The van der Waals surface area contributed by atoms with E-state index in [2.05, 4.69) is 4.99 Å². The van der Waals surface area contributed by atoms with Crippen molar-refractivity contribution >= 4 is 6.08 Å². The molecule has 0 saturated carbocycles. The molecule has 1 unspecified atom stereocenters. The molecule has 0 radical (unpaired) electrons. The number of rotatable bonds is 4. The third kappa shape index (κ3) is 3.88. The van der Waals surface area contributed by atoms with Crippen LogP contribution in [0.25, 0.3) is 0 Å². The standard InChI is InChI=1S/C6H11NO2/c1-3-6(9-2)4-7-5-8/h6H,3-4H2,1-2H3. The summed E-state index contributed by atoms with van der Waals surface area (Å²) in [5.74, 6) is 0. The van der Waals surface area contributed by atoms with Gasteiger partial charge in [0.2, 0.25) is 6.08 Å². The fourth-order valence-corrected chi connectivity index (χ4v) is 0.509. The topological polar surface area (TPSA) is 38.7 Å². The third-order valence-corrected chi connectivity index (χ3v) is 1.15. The first-order valence-electron chi connectivity index (χ1n) is 2.91. The zero-order chi connectivity index (χ0) is 7.11. The van der Waals surface area contributed by atoms with Gasteiger partial charge in [0.05, 0.1) is 12.6 Å². The van der Waals surface area contributed by atoms with Crippen LogP contribution in [0.4, 0.5) is 0 Å². The van der Waals surface area contributed by atoms with Crippen LogP contribution in [0.15, 0.2) is 4.99 Å². The summed E-state index contributed by atoms with van der Waals surface area (Å²) in [6.45, 7) is 2.41. The minimum Gasteiger partial charge on any atom is -0.380 e. The normalized spacial score (nSPS) is 12.2. The Bertz CT molecular complexity index is 104. The van der Waals surface area contributed by atoms with Crippen molar-refractivity contribution in [3.05, 3.63) is 0 Å². The Morgan fingerprint density at radius 2 is 2.44 bits per heavy atom. The van der Waals surface area contributed by atoms with Crippen molar-refractivity contribution < 1.29 is 9.53 Å². The molecule has 0 amide bonds. The quantitative estimate of drug-likeness (QED) is 0.415. The van der Waals surface area contributed by atoms with Crippen molar-refractivity contribution in [1.82, 2.24) is 0 Å². The lowest BCUT2D eigenvalue weighted by Gasteiger charge is -2.06. The van der Waals surface area contributed by atoms with Crippen LogP contribution in [-0.4, -0.2) is 25.8 Å². The second-order valence-electron chi connectivity index (χ2n) is 1.70. The van der Waals surface area contributed by atoms with Gasteiger partial charge in [0, 0.05) is 7.11 Å². The molecule has 3 nitrogen and oxygen atoms in total. The zero-order valence-electron chi connectivity index (χ0n) is 5.76. The number of isocyanates is 1. The number of aliphatic imine (C=N–C) groups is 1. The van der Waals surface area contributed by atoms with Gasteiger partial charge in [-0.3, -0.25) is 0 Å². The van der Waals surface area contributed by atoms with Gasteiger partial charge in [0.15, 0.2) is 0 Å². The lowest BCUT2D eigenvalue weighted by molar-refractivity contribution is 0.107. The predicted octanol–water partition coefficient (Wildman–Crippen LogP) is 0.747. The van der Waals surface area contributed by atoms with Crippen LogP contribution < -0.4 is 0 Å². The van der Waals surface area contributed by atoms with Crippen molar-refractivity contribution in [3.63, 3.8) is 0 Å². The van der Waals surface area contributed by atoms with E-state index in [0.29, 0.717) is 6.54 Å². The fourth-order valence-electron chi connectivity index (χ4n) is 0.509. The molecule has 0 aromatic heterocycles. The Hall–Kier alpha value is -0.660. The van der Waals surface area contributed by atoms with Gasteiger partial charge in [-0.1, -0.05) is 6.92 Å². The first kappa shape index (κ1) is 8.34. The molecule has 0 aromatic carbocycles. The van der Waals surface area contributed by atoms with Gasteiger partial charge in [-0.05, 0) is 6.42 Å². The van der Waals surface area contributed by atoms with Crippen molar-refractivity contribution in [3.8, 4) is 0 Å². The van der Waals surface area contributed by atoms with E-state index in [-0.39, 0.29) is 6.10 Å². The number of hydrogen-bond acceptors (Lipinski definition) is 3. The van der Waals surface area contributed by atoms with E-state index >= 15 is 0 Å². The van der Waals surface area contributed by atoms with Crippen LogP contribution in [0.2, 0.25) is 0 Å². The summed E-state index contributed by atoms with van der Waals surface area (Å²) >= 11 is 0. The summed E-state index contributed by atoms with van der Waals surface area (Å²) in [4.78, 5) is 13.0. The summed E-state index contributed by atoms with van der Waals surface area (Å²) in [5, 5.41) is 0. The number of methoxy groups -OCH3 is 1. The number of nitrogens with zero attached hydrogens (tertiary/aromatic N) is 1. The maximum absolute atomic E-state index is 9.59. The highest BCUT2D eigenvalue weighted by Crippen LogP contribution is 1.94. The molecular weight excluding hydrogens is 118 g/mol. The Labute approximate surface area is 54.7 Å². The van der Waals surface area contributed by atoms with E-state index in [4.69, 9.17) is 4.74 Å². The summed E-state index contributed by atoms with van der Waals surface area (Å²) in [5.41, 5.74) is 0. The van der Waals surface area contributed by atoms with Gasteiger partial charge >= 0.3 is 0 Å². The second kappa shape index (κ2) is 5.48. The molecule has 1 atom stereocenters. The minimum absolute atomic E-state index is 0.0754. The molecule has 3 heteroatoms. The Morgan fingerprint density at radius 1 is 1.78 bits per heavy atom. The van der Waals surface area contributed by atoms with Gasteiger partial charge in [-0.2, -0.15) is 0 Å². The summed E-state index contributed by atoms with van der Waals surface area (Å²) in [6.07, 6.45) is 2.41. The monoisotopic (exact) mass is 129 g/mol. The van der Waals surface area contributed by atoms with Gasteiger partial charge in [-0.25, -0.2) is 9.79 Å². The van der Waals surface area contributed by atoms with Crippen LogP contribution >= 0.6 is 0 Å². The van der Waals surface area contributed by atoms with Crippen LogP contribution in [0.1, 0.15) is 13.3 Å². The Morgan fingerprint density at radius 3 is 2.78 bits per heavy atom. The average molecular weight is 129 g/mol. The van der Waals surface area contributed by atoms with E-state index in [1.54, 1.807) is 7.11 Å². The van der Waals surface area contributed by atoms with Gasteiger partial charge in [0.1, 0.15) is 0 Å². The molecule has 9 heavy (non-hydrogen) atoms. The first-order valence-corrected chi connectivity index (χ1v) is 2.91. The van der Waals surface area contributed by atoms with E-state index in [1.807, 2.05) is 6.92 Å². The van der Waals surface area contributed by atoms with Gasteiger partial charge in [-0.15, -0.1) is 0 Å². The highest BCUT2D eigenvalue weighted by Gasteiger charge is 2.00. The smallest absolute Gasteiger partial charge is 0.235 e. The molecule has 0 spiro atoms. The van der Waals surface area contributed by atoms with E-state index < -0.39 is 0 Å². The number of hydrogen-bond donors (Lipinski definition) is 0. The molecule has 52 valence electrons. The predicted molar refractivity (Wildman–Crippen MR) is 34.1 cm³/mol. The summed E-state index contributed by atoms with van der Waals surface area (Å²) in [7, 11) is 1.61. The summed E-state index contributed by atoms with van der Waals surface area (Å²) in [6, 6.07) is 0. The van der Waals surface area contributed by atoms with Gasteiger partial charge in [0.25, 0.3) is 0 Å². The zero-order valence-corrected chi connectivity index (χ0v) is 5.76. The van der Waals surface area contributed by atoms with Crippen LogP contribution in [-0.2, 0) is 9.53 Å². The van der Waals surface area contributed by atoms with E-state index in [9.17, 15) is 4.79 Å². The molecule has 0 N–H and O–H groups in total. The lowest BCUT2D eigenvalue weighted by atomic mass is 10.3. The fraction of sp³-hybridized carbons (Fsp3) is 0.833. The van der Waals surface area contributed by atoms with E-state index in [0.717, 1.165) is 6.42 Å². The second-order valence-corrected chi connectivity index (χ2v) is 1.70. The molecule has 0 aliphatic carbocycles. The van der Waals surface area contributed by atoms with Crippen LogP contribution in [0.5, 0.6) is 0 Å².